The van der Waals surface area contributed by atoms with Crippen LogP contribution in [0.25, 0.3) is 0 Å². The van der Waals surface area contributed by atoms with Crippen molar-refractivity contribution in [1.29, 1.82) is 0 Å². The molecule has 0 aliphatic heterocycles. The van der Waals surface area contributed by atoms with E-state index in [0.717, 1.165) is 50.5 Å². The zero-order valence-electron chi connectivity index (χ0n) is 14.9. The minimum Gasteiger partial charge on any atom is -0.390 e. The van der Waals surface area contributed by atoms with Crippen molar-refractivity contribution in [3.8, 4) is 0 Å². The van der Waals surface area contributed by atoms with Crippen LogP contribution >= 0.6 is 0 Å². The maximum Gasteiger partial charge on any atom is 0.126 e. The number of hydrogen-bond acceptors (Lipinski definition) is 1. The Balaban J connectivity index is 2.01. The highest BCUT2D eigenvalue weighted by atomic mass is 19.1. The van der Waals surface area contributed by atoms with Crippen LogP contribution in [0.2, 0.25) is 0 Å². The van der Waals surface area contributed by atoms with Gasteiger partial charge in [-0.25, -0.2) is 4.39 Å². The average molecular weight is 320 g/mol. The molecule has 130 valence electrons. The van der Waals surface area contributed by atoms with Crippen LogP contribution in [-0.2, 0) is 6.42 Å². The van der Waals surface area contributed by atoms with E-state index in [1.807, 2.05) is 13.0 Å². The maximum absolute atomic E-state index is 13.8. The van der Waals surface area contributed by atoms with Gasteiger partial charge in [0.2, 0.25) is 0 Å². The molecule has 1 aromatic rings. The second-order valence-electron chi connectivity index (χ2n) is 7.64. The molecule has 1 aliphatic rings. The molecule has 1 N–H and O–H groups in total. The summed E-state index contributed by atoms with van der Waals surface area (Å²) >= 11 is 0. The highest BCUT2D eigenvalue weighted by Crippen LogP contribution is 2.36. The second-order valence-corrected chi connectivity index (χ2v) is 7.64. The summed E-state index contributed by atoms with van der Waals surface area (Å²) in [7, 11) is 0. The van der Waals surface area contributed by atoms with E-state index in [9.17, 15) is 9.50 Å². The lowest BCUT2D eigenvalue weighted by Gasteiger charge is -2.35. The first kappa shape index (κ1) is 18.4. The van der Waals surface area contributed by atoms with Crippen molar-refractivity contribution in [2.24, 2.45) is 5.92 Å². The third kappa shape index (κ3) is 5.91. The number of hydrogen-bond donors (Lipinski definition) is 1. The van der Waals surface area contributed by atoms with Crippen molar-refractivity contribution in [1.82, 2.24) is 0 Å². The predicted octanol–water partition coefficient (Wildman–Crippen LogP) is 5.96. The topological polar surface area (TPSA) is 20.2 Å². The van der Waals surface area contributed by atoms with Crippen molar-refractivity contribution >= 4 is 0 Å². The van der Waals surface area contributed by atoms with E-state index in [-0.39, 0.29) is 5.82 Å². The molecule has 0 radical (unpaired) electrons. The first-order chi connectivity index (χ1) is 11.0. The molecule has 1 nitrogen and oxygen atoms in total. The molecule has 23 heavy (non-hydrogen) atoms. The lowest BCUT2D eigenvalue weighted by Crippen LogP contribution is -2.34. The molecule has 0 bridgehead atoms. The minimum absolute atomic E-state index is 0.105. The lowest BCUT2D eigenvalue weighted by atomic mass is 9.76. The van der Waals surface area contributed by atoms with Crippen molar-refractivity contribution in [2.45, 2.75) is 90.1 Å². The highest BCUT2D eigenvalue weighted by molar-refractivity contribution is 5.23. The third-order valence-corrected chi connectivity index (χ3v) is 5.43. The number of halogens is 1. The second kappa shape index (κ2) is 8.82. The Morgan fingerprint density at radius 3 is 2.57 bits per heavy atom. The van der Waals surface area contributed by atoms with Crippen LogP contribution in [0.5, 0.6) is 0 Å². The fourth-order valence-electron chi connectivity index (χ4n) is 4.01. The van der Waals surface area contributed by atoms with Crippen molar-refractivity contribution in [3.05, 3.63) is 35.1 Å². The van der Waals surface area contributed by atoms with Crippen LogP contribution in [0.1, 0.15) is 82.3 Å². The van der Waals surface area contributed by atoms with Crippen LogP contribution in [0.15, 0.2) is 18.2 Å². The summed E-state index contributed by atoms with van der Waals surface area (Å²) in [5, 5.41) is 10.9. The van der Waals surface area contributed by atoms with Crippen LogP contribution in [0.3, 0.4) is 0 Å². The Kier molecular flexibility index (Phi) is 7.08. The Labute approximate surface area is 141 Å². The quantitative estimate of drug-likeness (QED) is 0.586. The van der Waals surface area contributed by atoms with Crippen LogP contribution in [0.4, 0.5) is 4.39 Å². The largest absolute Gasteiger partial charge is 0.390 e. The Bertz CT molecular complexity index is 477. The summed E-state index contributed by atoms with van der Waals surface area (Å²) in [5.41, 5.74) is 1.31. The number of unbranched alkanes of at least 4 members (excludes halogenated alkanes) is 2. The Morgan fingerprint density at radius 2 is 1.91 bits per heavy atom. The Hall–Kier alpha value is -0.890. The van der Waals surface area contributed by atoms with Gasteiger partial charge in [0.1, 0.15) is 5.82 Å². The normalized spacial score (nSPS) is 18.8. The fraction of sp³-hybridized carbons (Fsp3) is 0.714. The van der Waals surface area contributed by atoms with Crippen molar-refractivity contribution in [2.75, 3.05) is 0 Å². The van der Waals surface area contributed by atoms with Crippen LogP contribution in [-0.4, -0.2) is 10.7 Å². The smallest absolute Gasteiger partial charge is 0.126 e. The van der Waals surface area contributed by atoms with E-state index in [1.54, 1.807) is 6.07 Å². The number of rotatable bonds is 8. The van der Waals surface area contributed by atoms with Gasteiger partial charge >= 0.3 is 0 Å². The summed E-state index contributed by atoms with van der Waals surface area (Å²) in [6.45, 7) is 4.03. The summed E-state index contributed by atoms with van der Waals surface area (Å²) < 4.78 is 13.8. The van der Waals surface area contributed by atoms with Gasteiger partial charge in [-0.15, -0.1) is 0 Å². The van der Waals surface area contributed by atoms with E-state index in [4.69, 9.17) is 0 Å². The molecule has 2 rings (SSSR count). The molecule has 0 saturated heterocycles. The average Bonchev–Trinajstić information content (AvgIpc) is 2.51. The van der Waals surface area contributed by atoms with Gasteiger partial charge in [-0.1, -0.05) is 64.0 Å². The molecule has 1 aliphatic carbocycles. The number of aliphatic hydroxyl groups is 1. The summed E-state index contributed by atoms with van der Waals surface area (Å²) in [6.07, 6.45) is 12.0. The molecule has 1 saturated carbocycles. The summed E-state index contributed by atoms with van der Waals surface area (Å²) in [5.74, 6) is 0.359. The SMILES string of the molecule is CCCCCC(Cc1ccc(C)c(F)c1)CC1(O)CCCCC1. The van der Waals surface area contributed by atoms with E-state index in [2.05, 4.69) is 13.0 Å². The Morgan fingerprint density at radius 1 is 1.17 bits per heavy atom. The molecular formula is C21H33FO. The molecule has 0 spiro atoms. The van der Waals surface area contributed by atoms with Gasteiger partial charge in [0.05, 0.1) is 5.60 Å². The number of benzene rings is 1. The van der Waals surface area contributed by atoms with Gasteiger partial charge < -0.3 is 5.11 Å². The van der Waals surface area contributed by atoms with Gasteiger partial charge in [-0.05, 0) is 55.7 Å². The van der Waals surface area contributed by atoms with Gasteiger partial charge in [0.25, 0.3) is 0 Å². The molecule has 0 heterocycles. The van der Waals surface area contributed by atoms with E-state index < -0.39 is 5.60 Å². The summed E-state index contributed by atoms with van der Waals surface area (Å²) in [6, 6.07) is 5.62. The fourth-order valence-corrected chi connectivity index (χ4v) is 4.01. The zero-order valence-corrected chi connectivity index (χ0v) is 14.9. The van der Waals surface area contributed by atoms with E-state index in [1.165, 1.54) is 25.7 Å². The van der Waals surface area contributed by atoms with Gasteiger partial charge in [-0.2, -0.15) is 0 Å². The molecule has 2 heteroatoms. The molecule has 1 unspecified atom stereocenters. The van der Waals surface area contributed by atoms with Crippen LogP contribution < -0.4 is 0 Å². The minimum atomic E-state index is -0.474. The predicted molar refractivity (Wildman–Crippen MR) is 95.1 cm³/mol. The van der Waals surface area contributed by atoms with Gasteiger partial charge in [0, 0.05) is 0 Å². The molecule has 1 atom stereocenters. The molecule has 1 fully saturated rings. The van der Waals surface area contributed by atoms with Crippen LogP contribution in [0, 0.1) is 18.7 Å². The van der Waals surface area contributed by atoms with E-state index in [0.29, 0.717) is 11.5 Å². The van der Waals surface area contributed by atoms with Gasteiger partial charge in [-0.3, -0.25) is 0 Å². The highest BCUT2D eigenvalue weighted by Gasteiger charge is 2.31. The first-order valence-corrected chi connectivity index (χ1v) is 9.50. The van der Waals surface area contributed by atoms with E-state index >= 15 is 0 Å². The standard InChI is InChI=1S/C21H33FO/c1-3-4-6-9-19(16-21(23)12-7-5-8-13-21)14-18-11-10-17(2)20(22)15-18/h10-11,15,19,23H,3-9,12-14,16H2,1-2H3. The summed E-state index contributed by atoms with van der Waals surface area (Å²) in [4.78, 5) is 0. The molecule has 0 aromatic heterocycles. The first-order valence-electron chi connectivity index (χ1n) is 9.50. The van der Waals surface area contributed by atoms with Gasteiger partial charge in [0.15, 0.2) is 0 Å². The number of aryl methyl sites for hydroxylation is 1. The van der Waals surface area contributed by atoms with Crippen molar-refractivity contribution < 1.29 is 9.50 Å². The molecular weight excluding hydrogens is 287 g/mol. The zero-order chi connectivity index (χ0) is 16.7. The third-order valence-electron chi connectivity index (χ3n) is 5.43. The molecule has 1 aromatic carbocycles. The molecule has 0 amide bonds. The van der Waals surface area contributed by atoms with Crippen molar-refractivity contribution in [3.63, 3.8) is 0 Å². The monoisotopic (exact) mass is 320 g/mol. The maximum atomic E-state index is 13.8. The lowest BCUT2D eigenvalue weighted by molar-refractivity contribution is -0.0188.